The third-order valence-electron chi connectivity index (χ3n) is 3.57. The fourth-order valence-electron chi connectivity index (χ4n) is 2.30. The van der Waals surface area contributed by atoms with Crippen LogP contribution in [0.2, 0.25) is 0 Å². The summed E-state index contributed by atoms with van der Waals surface area (Å²) in [6.45, 7) is 1.29. The van der Waals surface area contributed by atoms with E-state index in [1.807, 2.05) is 36.4 Å². The molecule has 0 spiro atoms. The van der Waals surface area contributed by atoms with E-state index in [0.29, 0.717) is 18.3 Å². The zero-order valence-corrected chi connectivity index (χ0v) is 14.0. The van der Waals surface area contributed by atoms with Crippen molar-refractivity contribution >= 4 is 11.8 Å². The van der Waals surface area contributed by atoms with E-state index in [1.54, 1.807) is 19.5 Å². The van der Waals surface area contributed by atoms with Gasteiger partial charge in [0.25, 0.3) is 0 Å². The van der Waals surface area contributed by atoms with Gasteiger partial charge in [-0.15, -0.1) is 5.10 Å². The van der Waals surface area contributed by atoms with Gasteiger partial charge in [0.1, 0.15) is 5.75 Å². The van der Waals surface area contributed by atoms with Gasteiger partial charge in [-0.3, -0.25) is 4.98 Å². The molecule has 3 aromatic rings. The maximum Gasteiger partial charge on any atom is 0.245 e. The molecule has 3 rings (SSSR count). The van der Waals surface area contributed by atoms with Crippen molar-refractivity contribution in [1.82, 2.24) is 20.2 Å². The highest BCUT2D eigenvalue weighted by Crippen LogP contribution is 2.13. The summed E-state index contributed by atoms with van der Waals surface area (Å²) >= 11 is 0. The molecule has 0 bridgehead atoms. The van der Waals surface area contributed by atoms with Crippen LogP contribution >= 0.6 is 0 Å². The van der Waals surface area contributed by atoms with Crippen LogP contribution in [0.5, 0.6) is 5.75 Å². The lowest BCUT2D eigenvalue weighted by molar-refractivity contribution is 0.414. The second kappa shape index (κ2) is 8.58. The Balaban J connectivity index is 1.51. The predicted molar refractivity (Wildman–Crippen MR) is 96.6 cm³/mol. The van der Waals surface area contributed by atoms with Crippen molar-refractivity contribution in [2.75, 3.05) is 24.3 Å². The SMILES string of the molecule is COc1cccc(CCNc2cnnc(NCc3ccccn3)n2)c1. The van der Waals surface area contributed by atoms with Crippen LogP contribution in [-0.4, -0.2) is 33.8 Å². The Kier molecular flexibility index (Phi) is 5.71. The minimum Gasteiger partial charge on any atom is -0.497 e. The van der Waals surface area contributed by atoms with Crippen LogP contribution in [0.25, 0.3) is 0 Å². The van der Waals surface area contributed by atoms with Gasteiger partial charge in [-0.05, 0) is 36.2 Å². The highest BCUT2D eigenvalue weighted by atomic mass is 16.5. The van der Waals surface area contributed by atoms with Gasteiger partial charge in [-0.25, -0.2) is 0 Å². The average molecular weight is 336 g/mol. The zero-order chi connectivity index (χ0) is 17.3. The lowest BCUT2D eigenvalue weighted by Crippen LogP contribution is -2.10. The quantitative estimate of drug-likeness (QED) is 0.654. The Hall–Kier alpha value is -3.22. The smallest absolute Gasteiger partial charge is 0.245 e. The van der Waals surface area contributed by atoms with Crippen LogP contribution < -0.4 is 15.4 Å². The molecule has 0 saturated carbocycles. The van der Waals surface area contributed by atoms with E-state index in [1.165, 1.54) is 5.56 Å². The van der Waals surface area contributed by atoms with Crippen LogP contribution in [-0.2, 0) is 13.0 Å². The number of hydrogen-bond donors (Lipinski definition) is 2. The van der Waals surface area contributed by atoms with Gasteiger partial charge < -0.3 is 15.4 Å². The first kappa shape index (κ1) is 16.6. The largest absolute Gasteiger partial charge is 0.497 e. The van der Waals surface area contributed by atoms with E-state index in [-0.39, 0.29) is 0 Å². The molecule has 0 atom stereocenters. The molecule has 128 valence electrons. The van der Waals surface area contributed by atoms with Crippen molar-refractivity contribution in [3.05, 3.63) is 66.1 Å². The average Bonchev–Trinajstić information content (AvgIpc) is 2.68. The summed E-state index contributed by atoms with van der Waals surface area (Å²) in [7, 11) is 1.67. The van der Waals surface area contributed by atoms with Crippen molar-refractivity contribution < 1.29 is 4.74 Å². The van der Waals surface area contributed by atoms with Crippen molar-refractivity contribution in [3.8, 4) is 5.75 Å². The minimum absolute atomic E-state index is 0.469. The molecule has 0 aliphatic heterocycles. The number of aromatic nitrogens is 4. The highest BCUT2D eigenvalue weighted by Gasteiger charge is 2.02. The van der Waals surface area contributed by atoms with Crippen LogP contribution in [0.4, 0.5) is 11.8 Å². The molecule has 0 radical (unpaired) electrons. The summed E-state index contributed by atoms with van der Waals surface area (Å²) in [6, 6.07) is 13.8. The molecule has 0 fully saturated rings. The molecule has 0 aliphatic rings. The number of nitrogens with zero attached hydrogens (tertiary/aromatic N) is 4. The summed E-state index contributed by atoms with van der Waals surface area (Å²) < 4.78 is 5.23. The molecule has 0 unspecified atom stereocenters. The van der Waals surface area contributed by atoms with Gasteiger partial charge in [0.15, 0.2) is 5.82 Å². The molecule has 2 heterocycles. The van der Waals surface area contributed by atoms with E-state index < -0.39 is 0 Å². The zero-order valence-electron chi connectivity index (χ0n) is 14.0. The first-order valence-corrected chi connectivity index (χ1v) is 8.04. The summed E-state index contributed by atoms with van der Waals surface area (Å²) in [5.41, 5.74) is 2.12. The van der Waals surface area contributed by atoms with Crippen LogP contribution in [0, 0.1) is 0 Å². The maximum atomic E-state index is 5.23. The van der Waals surface area contributed by atoms with E-state index in [9.17, 15) is 0 Å². The van der Waals surface area contributed by atoms with Gasteiger partial charge >= 0.3 is 0 Å². The van der Waals surface area contributed by atoms with Crippen molar-refractivity contribution in [2.45, 2.75) is 13.0 Å². The van der Waals surface area contributed by atoms with Crippen LogP contribution in [0.1, 0.15) is 11.3 Å². The van der Waals surface area contributed by atoms with Gasteiger partial charge in [-0.1, -0.05) is 18.2 Å². The standard InChI is InChI=1S/C18H20N6O/c1-25-16-7-4-5-14(11-16)8-10-20-17-13-22-24-18(23-17)21-12-15-6-2-3-9-19-15/h2-7,9,11,13H,8,10,12H2,1H3,(H2,20,21,23,24). The second-order valence-corrected chi connectivity index (χ2v) is 5.37. The lowest BCUT2D eigenvalue weighted by Gasteiger charge is -2.08. The lowest BCUT2D eigenvalue weighted by atomic mass is 10.1. The first-order valence-electron chi connectivity index (χ1n) is 8.04. The Morgan fingerprint density at radius 3 is 2.88 bits per heavy atom. The summed E-state index contributed by atoms with van der Waals surface area (Å²) in [5.74, 6) is 2.01. The molecular weight excluding hydrogens is 316 g/mol. The Morgan fingerprint density at radius 1 is 1.08 bits per heavy atom. The number of rotatable bonds is 8. The van der Waals surface area contributed by atoms with Gasteiger partial charge in [0.05, 0.1) is 25.5 Å². The monoisotopic (exact) mass is 336 g/mol. The maximum absolute atomic E-state index is 5.23. The van der Waals surface area contributed by atoms with Gasteiger partial charge in [-0.2, -0.15) is 10.1 Å². The molecule has 0 aliphatic carbocycles. The molecular formula is C18H20N6O. The Morgan fingerprint density at radius 2 is 2.04 bits per heavy atom. The van der Waals surface area contributed by atoms with Crippen molar-refractivity contribution in [3.63, 3.8) is 0 Å². The number of anilines is 2. The molecule has 7 heteroatoms. The number of ether oxygens (including phenoxy) is 1. The highest BCUT2D eigenvalue weighted by molar-refractivity contribution is 5.37. The van der Waals surface area contributed by atoms with Gasteiger partial charge in [0.2, 0.25) is 5.95 Å². The summed E-state index contributed by atoms with van der Waals surface area (Å²) in [5, 5.41) is 14.3. The molecule has 25 heavy (non-hydrogen) atoms. The molecule has 2 aromatic heterocycles. The fraction of sp³-hybridized carbons (Fsp3) is 0.222. The van der Waals surface area contributed by atoms with E-state index in [4.69, 9.17) is 4.74 Å². The summed E-state index contributed by atoms with van der Waals surface area (Å²) in [4.78, 5) is 8.65. The van der Waals surface area contributed by atoms with Crippen LogP contribution in [0.3, 0.4) is 0 Å². The number of benzene rings is 1. The predicted octanol–water partition coefficient (Wildman–Crippen LogP) is 2.54. The molecule has 2 N–H and O–H groups in total. The fourth-order valence-corrected chi connectivity index (χ4v) is 2.30. The molecule has 1 aromatic carbocycles. The van der Waals surface area contributed by atoms with E-state index in [2.05, 4.69) is 36.9 Å². The van der Waals surface area contributed by atoms with E-state index >= 15 is 0 Å². The van der Waals surface area contributed by atoms with E-state index in [0.717, 1.165) is 24.4 Å². The number of methoxy groups -OCH3 is 1. The first-order chi connectivity index (χ1) is 12.3. The summed E-state index contributed by atoms with van der Waals surface area (Å²) in [6.07, 6.45) is 4.22. The number of nitrogens with one attached hydrogen (secondary N) is 2. The second-order valence-electron chi connectivity index (χ2n) is 5.37. The van der Waals surface area contributed by atoms with Crippen LogP contribution in [0.15, 0.2) is 54.9 Å². The number of pyridine rings is 1. The molecule has 7 nitrogen and oxygen atoms in total. The minimum atomic E-state index is 0.469. The topological polar surface area (TPSA) is 84.9 Å². The third-order valence-corrected chi connectivity index (χ3v) is 3.57. The van der Waals surface area contributed by atoms with Crippen molar-refractivity contribution in [2.24, 2.45) is 0 Å². The Bertz CT molecular complexity index is 796. The third kappa shape index (κ3) is 5.13. The molecule has 0 amide bonds. The number of hydrogen-bond acceptors (Lipinski definition) is 7. The van der Waals surface area contributed by atoms with Crippen molar-refractivity contribution in [1.29, 1.82) is 0 Å². The Labute approximate surface area is 146 Å². The van der Waals surface area contributed by atoms with Gasteiger partial charge in [0, 0.05) is 12.7 Å². The normalized spacial score (nSPS) is 10.3. The molecule has 0 saturated heterocycles.